The zero-order chi connectivity index (χ0) is 12.6. The molecule has 1 aromatic rings. The van der Waals surface area contributed by atoms with Crippen molar-refractivity contribution >= 4 is 18.4 Å². The van der Waals surface area contributed by atoms with E-state index in [1.54, 1.807) is 6.26 Å². The zero-order valence-electron chi connectivity index (χ0n) is 10.4. The van der Waals surface area contributed by atoms with Crippen LogP contribution < -0.4 is 0 Å². The Morgan fingerprint density at radius 2 is 1.69 bits per heavy atom. The highest BCUT2D eigenvalue weighted by atomic mass is 32.1. The van der Waals surface area contributed by atoms with Crippen LogP contribution in [0.4, 0.5) is 0 Å². The van der Waals surface area contributed by atoms with Gasteiger partial charge in [0.15, 0.2) is 0 Å². The van der Waals surface area contributed by atoms with Gasteiger partial charge < -0.3 is 4.74 Å². The lowest BCUT2D eigenvalue weighted by Gasteiger charge is -2.05. The monoisotopic (exact) mass is 236 g/mol. The molecule has 1 aromatic carbocycles. The first-order valence-corrected chi connectivity index (χ1v) is 5.82. The van der Waals surface area contributed by atoms with E-state index in [4.69, 9.17) is 4.74 Å². The quantitative estimate of drug-likeness (QED) is 0.579. The molecule has 0 bridgehead atoms. The maximum absolute atomic E-state index is 5.35. The molecule has 0 saturated carbocycles. The second-order valence-corrected chi connectivity index (χ2v) is 3.80. The molecule has 0 spiro atoms. The van der Waals surface area contributed by atoms with Crippen molar-refractivity contribution in [3.8, 4) is 0 Å². The van der Waals surface area contributed by atoms with Gasteiger partial charge in [0.2, 0.25) is 0 Å². The molecule has 0 atom stereocenters. The molecule has 0 amide bonds. The molecule has 0 aliphatic heterocycles. The Morgan fingerprint density at radius 1 is 1.19 bits per heavy atom. The number of hydrogen-bond acceptors (Lipinski definition) is 2. The molecule has 0 saturated heterocycles. The molecular formula is C14H20OS. The first-order chi connectivity index (χ1) is 7.59. The van der Waals surface area contributed by atoms with E-state index in [0.29, 0.717) is 5.76 Å². The summed E-state index contributed by atoms with van der Waals surface area (Å²) in [4.78, 5) is 0.934. The van der Waals surface area contributed by atoms with E-state index < -0.39 is 0 Å². The predicted molar refractivity (Wildman–Crippen MR) is 74.6 cm³/mol. The fraction of sp³-hybridized carbons (Fsp3) is 0.286. The van der Waals surface area contributed by atoms with Crippen LogP contribution in [0.25, 0.3) is 5.76 Å². The van der Waals surface area contributed by atoms with Crippen LogP contribution in [0.1, 0.15) is 33.3 Å². The first kappa shape index (κ1) is 14.8. The topological polar surface area (TPSA) is 9.23 Å². The molecule has 0 heterocycles. The van der Waals surface area contributed by atoms with Crippen LogP contribution in [0.2, 0.25) is 0 Å². The van der Waals surface area contributed by atoms with E-state index in [9.17, 15) is 0 Å². The number of ether oxygens (including phenoxy) is 1. The van der Waals surface area contributed by atoms with Gasteiger partial charge in [-0.05, 0) is 31.6 Å². The van der Waals surface area contributed by atoms with Crippen LogP contribution in [-0.4, -0.2) is 0 Å². The van der Waals surface area contributed by atoms with Crippen LogP contribution in [0.5, 0.6) is 0 Å². The Labute approximate surface area is 104 Å². The molecule has 0 unspecified atom stereocenters. The zero-order valence-corrected chi connectivity index (χ0v) is 11.3. The van der Waals surface area contributed by atoms with E-state index in [-0.39, 0.29) is 0 Å². The normalized spacial score (nSPS) is 8.56. The van der Waals surface area contributed by atoms with Gasteiger partial charge >= 0.3 is 0 Å². The van der Waals surface area contributed by atoms with E-state index in [1.165, 1.54) is 0 Å². The van der Waals surface area contributed by atoms with E-state index in [1.807, 2.05) is 52.0 Å². The summed E-state index contributed by atoms with van der Waals surface area (Å²) in [5, 5.41) is 0. The van der Waals surface area contributed by atoms with Gasteiger partial charge in [-0.3, -0.25) is 0 Å². The Bertz CT molecular complexity index is 346. The summed E-state index contributed by atoms with van der Waals surface area (Å²) in [6.07, 6.45) is 1.69. The Kier molecular flexibility index (Phi) is 7.48. The van der Waals surface area contributed by atoms with Crippen molar-refractivity contribution in [2.45, 2.75) is 32.6 Å². The lowest BCUT2D eigenvalue weighted by molar-refractivity contribution is 0.433. The minimum atomic E-state index is 0.652. The molecule has 1 rings (SSSR count). The SMILES string of the molecule is C=C(OC=C(C)C)c1ccc(S)cc1.CC. The van der Waals surface area contributed by atoms with E-state index in [0.717, 1.165) is 16.0 Å². The van der Waals surface area contributed by atoms with E-state index in [2.05, 4.69) is 19.2 Å². The van der Waals surface area contributed by atoms with Crippen LogP contribution in [0, 0.1) is 0 Å². The molecule has 88 valence electrons. The molecule has 0 aromatic heterocycles. The fourth-order valence-electron chi connectivity index (χ4n) is 0.904. The second-order valence-electron chi connectivity index (χ2n) is 3.28. The Hall–Kier alpha value is -1.15. The standard InChI is InChI=1S/C12H14OS.C2H6/c1-9(2)8-13-10(3)11-4-6-12(14)7-5-11;1-2/h4-8,14H,3H2,1-2H3;1-2H3. The van der Waals surface area contributed by atoms with Crippen molar-refractivity contribution in [3.63, 3.8) is 0 Å². The molecular weight excluding hydrogens is 216 g/mol. The van der Waals surface area contributed by atoms with Crippen LogP contribution in [0.3, 0.4) is 0 Å². The maximum atomic E-state index is 5.35. The van der Waals surface area contributed by atoms with Crippen LogP contribution in [-0.2, 0) is 4.74 Å². The van der Waals surface area contributed by atoms with Crippen molar-refractivity contribution in [2.24, 2.45) is 0 Å². The van der Waals surface area contributed by atoms with E-state index >= 15 is 0 Å². The number of thiol groups is 1. The number of allylic oxidation sites excluding steroid dienone is 1. The molecule has 0 aliphatic rings. The van der Waals surface area contributed by atoms with Crippen LogP contribution >= 0.6 is 12.6 Å². The fourth-order valence-corrected chi connectivity index (χ4v) is 1.05. The lowest BCUT2D eigenvalue weighted by atomic mass is 10.2. The average Bonchev–Trinajstić information content (AvgIpc) is 2.29. The minimum Gasteiger partial charge on any atom is -0.465 e. The maximum Gasteiger partial charge on any atom is 0.126 e. The summed E-state index contributed by atoms with van der Waals surface area (Å²) in [5.41, 5.74) is 2.08. The summed E-state index contributed by atoms with van der Waals surface area (Å²) >= 11 is 4.20. The molecule has 0 fully saturated rings. The average molecular weight is 236 g/mol. The summed E-state index contributed by atoms with van der Waals surface area (Å²) in [6.45, 7) is 11.8. The smallest absolute Gasteiger partial charge is 0.126 e. The van der Waals surface area contributed by atoms with Gasteiger partial charge in [0.05, 0.1) is 6.26 Å². The minimum absolute atomic E-state index is 0.652. The Morgan fingerprint density at radius 3 is 2.12 bits per heavy atom. The number of benzene rings is 1. The van der Waals surface area contributed by atoms with Crippen LogP contribution in [0.15, 0.2) is 47.6 Å². The van der Waals surface area contributed by atoms with Gasteiger partial charge in [0.1, 0.15) is 5.76 Å². The summed E-state index contributed by atoms with van der Waals surface area (Å²) in [5.74, 6) is 0.652. The third kappa shape index (κ3) is 5.66. The molecule has 0 N–H and O–H groups in total. The highest BCUT2D eigenvalue weighted by Gasteiger charge is 1.97. The van der Waals surface area contributed by atoms with Crippen molar-refractivity contribution in [1.82, 2.24) is 0 Å². The third-order valence-corrected chi connectivity index (χ3v) is 1.92. The van der Waals surface area contributed by atoms with Gasteiger partial charge in [0, 0.05) is 10.5 Å². The molecule has 0 aliphatic carbocycles. The molecule has 2 heteroatoms. The number of hydrogen-bond donors (Lipinski definition) is 1. The van der Waals surface area contributed by atoms with Gasteiger partial charge in [-0.15, -0.1) is 12.6 Å². The van der Waals surface area contributed by atoms with Gasteiger partial charge in [-0.1, -0.05) is 32.6 Å². The first-order valence-electron chi connectivity index (χ1n) is 5.38. The summed E-state index contributed by atoms with van der Waals surface area (Å²) in [7, 11) is 0. The molecule has 16 heavy (non-hydrogen) atoms. The largest absolute Gasteiger partial charge is 0.465 e. The summed E-state index contributed by atoms with van der Waals surface area (Å²) in [6, 6.07) is 7.69. The Balaban J connectivity index is 0.00000106. The summed E-state index contributed by atoms with van der Waals surface area (Å²) < 4.78 is 5.35. The highest BCUT2D eigenvalue weighted by molar-refractivity contribution is 7.80. The lowest BCUT2D eigenvalue weighted by Crippen LogP contribution is -1.84. The van der Waals surface area contributed by atoms with Gasteiger partial charge in [-0.25, -0.2) is 0 Å². The third-order valence-electron chi connectivity index (χ3n) is 1.63. The number of rotatable bonds is 3. The van der Waals surface area contributed by atoms with Gasteiger partial charge in [0.25, 0.3) is 0 Å². The molecule has 0 radical (unpaired) electrons. The van der Waals surface area contributed by atoms with Crippen molar-refractivity contribution < 1.29 is 4.74 Å². The highest BCUT2D eigenvalue weighted by Crippen LogP contribution is 2.16. The van der Waals surface area contributed by atoms with Crippen molar-refractivity contribution in [1.29, 1.82) is 0 Å². The second kappa shape index (κ2) is 8.05. The molecule has 1 nitrogen and oxygen atoms in total. The van der Waals surface area contributed by atoms with Crippen molar-refractivity contribution in [2.75, 3.05) is 0 Å². The predicted octanol–water partition coefficient (Wildman–Crippen LogP) is 4.91. The van der Waals surface area contributed by atoms with Gasteiger partial charge in [-0.2, -0.15) is 0 Å². The van der Waals surface area contributed by atoms with Crippen molar-refractivity contribution in [3.05, 3.63) is 48.2 Å².